The number of aromatic nitrogens is 3. The highest BCUT2D eigenvalue weighted by molar-refractivity contribution is 5.73. The van der Waals surface area contributed by atoms with Crippen molar-refractivity contribution < 1.29 is 13.2 Å². The Morgan fingerprint density at radius 1 is 1.00 bits per heavy atom. The van der Waals surface area contributed by atoms with Crippen LogP contribution in [0.3, 0.4) is 0 Å². The zero-order valence-electron chi connectivity index (χ0n) is 10.1. The number of para-hydroxylation sites is 1. The second kappa shape index (κ2) is 5.81. The highest BCUT2D eigenvalue weighted by Crippen LogP contribution is 2.22. The van der Waals surface area contributed by atoms with Gasteiger partial charge in [0.15, 0.2) is 0 Å². The molecule has 0 amide bonds. The average Bonchev–Trinajstić information content (AvgIpc) is 2.37. The number of alkyl halides is 3. The van der Waals surface area contributed by atoms with Crippen LogP contribution in [0.15, 0.2) is 24.3 Å². The summed E-state index contributed by atoms with van der Waals surface area (Å²) >= 11 is 0. The third-order valence-electron chi connectivity index (χ3n) is 2.53. The molecule has 1 aromatic heterocycles. The molecule has 102 valence electrons. The van der Waals surface area contributed by atoms with Gasteiger partial charge in [-0.1, -0.05) is 12.1 Å². The van der Waals surface area contributed by atoms with Crippen molar-refractivity contribution in [2.75, 3.05) is 11.9 Å². The predicted octanol–water partition coefficient (Wildman–Crippen LogP) is 3.17. The van der Waals surface area contributed by atoms with Crippen LogP contribution in [0.25, 0.3) is 11.0 Å². The van der Waals surface area contributed by atoms with Crippen LogP contribution in [-0.2, 0) is 0 Å². The first-order valence-corrected chi connectivity index (χ1v) is 5.95. The first kappa shape index (κ1) is 13.5. The molecule has 0 unspecified atom stereocenters. The van der Waals surface area contributed by atoms with Crippen LogP contribution < -0.4 is 5.32 Å². The number of anilines is 1. The minimum absolute atomic E-state index is 0.0948. The van der Waals surface area contributed by atoms with Crippen molar-refractivity contribution in [3.63, 3.8) is 0 Å². The summed E-state index contributed by atoms with van der Waals surface area (Å²) in [5.41, 5.74) is 1.39. The van der Waals surface area contributed by atoms with E-state index < -0.39 is 12.6 Å². The monoisotopic (exact) mass is 270 g/mol. The molecule has 1 N–H and O–H groups in total. The fourth-order valence-electron chi connectivity index (χ4n) is 1.61. The molecule has 0 spiro atoms. The Morgan fingerprint density at radius 3 is 2.47 bits per heavy atom. The first-order chi connectivity index (χ1) is 9.04. The molecule has 0 aliphatic rings. The maximum Gasteiger partial charge on any atom is 0.389 e. The fourth-order valence-corrected chi connectivity index (χ4v) is 1.61. The fraction of sp³-hybridized carbons (Fsp3) is 0.417. The van der Waals surface area contributed by atoms with E-state index in [0.717, 1.165) is 0 Å². The van der Waals surface area contributed by atoms with Gasteiger partial charge >= 0.3 is 6.18 Å². The molecule has 2 aromatic rings. The van der Waals surface area contributed by atoms with Crippen molar-refractivity contribution >= 4 is 17.0 Å². The molecule has 1 aromatic carbocycles. The molecule has 19 heavy (non-hydrogen) atoms. The highest BCUT2D eigenvalue weighted by Gasteiger charge is 2.25. The van der Waals surface area contributed by atoms with Crippen LogP contribution >= 0.6 is 0 Å². The van der Waals surface area contributed by atoms with Crippen LogP contribution in [0, 0.1) is 0 Å². The van der Waals surface area contributed by atoms with Gasteiger partial charge in [0.2, 0.25) is 5.95 Å². The molecule has 0 saturated heterocycles. The highest BCUT2D eigenvalue weighted by atomic mass is 19.4. The normalized spacial score (nSPS) is 11.7. The van der Waals surface area contributed by atoms with E-state index in [4.69, 9.17) is 0 Å². The van der Waals surface area contributed by atoms with E-state index in [-0.39, 0.29) is 6.42 Å². The topological polar surface area (TPSA) is 50.7 Å². The van der Waals surface area contributed by atoms with E-state index in [1.807, 2.05) is 12.1 Å². The zero-order valence-corrected chi connectivity index (χ0v) is 10.1. The van der Waals surface area contributed by atoms with Crippen molar-refractivity contribution in [2.45, 2.75) is 25.4 Å². The molecule has 0 fully saturated rings. The molecule has 0 aliphatic heterocycles. The summed E-state index contributed by atoms with van der Waals surface area (Å²) in [5.74, 6) is 0.339. The molecule has 2 rings (SSSR count). The van der Waals surface area contributed by atoms with Crippen LogP contribution in [0.5, 0.6) is 0 Å². The van der Waals surface area contributed by atoms with E-state index in [2.05, 4.69) is 20.5 Å². The number of unbranched alkanes of at least 4 members (excludes halogenated alkanes) is 1. The van der Waals surface area contributed by atoms with E-state index in [0.29, 0.717) is 29.9 Å². The molecule has 0 atom stereocenters. The summed E-state index contributed by atoms with van der Waals surface area (Å²) in [4.78, 5) is 4.21. The third-order valence-corrected chi connectivity index (χ3v) is 2.53. The zero-order chi connectivity index (χ0) is 13.7. The Morgan fingerprint density at radius 2 is 1.74 bits per heavy atom. The molecule has 7 heteroatoms. The van der Waals surface area contributed by atoms with Gasteiger partial charge < -0.3 is 5.32 Å². The van der Waals surface area contributed by atoms with Gasteiger partial charge in [0, 0.05) is 13.0 Å². The minimum atomic E-state index is -4.08. The SMILES string of the molecule is FC(F)(F)CCCCNc1nnc2ccccc2n1. The Bertz CT molecular complexity index is 542. The number of nitrogens with one attached hydrogen (secondary N) is 1. The molecule has 0 radical (unpaired) electrons. The standard InChI is InChI=1S/C12H13F3N4/c13-12(14,15)7-3-4-8-16-11-17-9-5-1-2-6-10(9)18-19-11/h1-2,5-6H,3-4,7-8H2,(H,16,17,19). The van der Waals surface area contributed by atoms with E-state index in [9.17, 15) is 13.2 Å². The minimum Gasteiger partial charge on any atom is -0.353 e. The summed E-state index contributed by atoms with van der Waals surface area (Å²) < 4.78 is 35.8. The van der Waals surface area contributed by atoms with Gasteiger partial charge in [0.1, 0.15) is 5.52 Å². The molecule has 0 saturated carbocycles. The lowest BCUT2D eigenvalue weighted by Gasteiger charge is -2.06. The van der Waals surface area contributed by atoms with Crippen molar-refractivity contribution in [1.82, 2.24) is 15.2 Å². The molecule has 0 aliphatic carbocycles. The van der Waals surface area contributed by atoms with Crippen LogP contribution in [0.1, 0.15) is 19.3 Å². The number of hydrogen-bond acceptors (Lipinski definition) is 4. The Kier molecular flexibility index (Phi) is 4.13. The van der Waals surface area contributed by atoms with Crippen molar-refractivity contribution in [1.29, 1.82) is 0 Å². The molecule has 0 bridgehead atoms. The summed E-state index contributed by atoms with van der Waals surface area (Å²) in [6, 6.07) is 7.27. The van der Waals surface area contributed by atoms with Crippen molar-refractivity contribution in [3.05, 3.63) is 24.3 Å². The van der Waals surface area contributed by atoms with Gasteiger partial charge in [-0.05, 0) is 25.0 Å². The summed E-state index contributed by atoms with van der Waals surface area (Å²) in [7, 11) is 0. The van der Waals surface area contributed by atoms with Crippen molar-refractivity contribution in [3.8, 4) is 0 Å². The average molecular weight is 270 g/mol. The Hall–Kier alpha value is -1.92. The largest absolute Gasteiger partial charge is 0.389 e. The number of halogens is 3. The second-order valence-corrected chi connectivity index (χ2v) is 4.12. The quantitative estimate of drug-likeness (QED) is 0.848. The maximum atomic E-state index is 11.9. The second-order valence-electron chi connectivity index (χ2n) is 4.12. The van der Waals surface area contributed by atoms with Gasteiger partial charge in [-0.25, -0.2) is 4.98 Å². The van der Waals surface area contributed by atoms with Gasteiger partial charge in [-0.3, -0.25) is 0 Å². The number of hydrogen-bond donors (Lipinski definition) is 1. The van der Waals surface area contributed by atoms with Crippen molar-refractivity contribution in [2.24, 2.45) is 0 Å². The van der Waals surface area contributed by atoms with E-state index in [1.54, 1.807) is 12.1 Å². The van der Waals surface area contributed by atoms with E-state index >= 15 is 0 Å². The lowest BCUT2D eigenvalue weighted by molar-refractivity contribution is -0.135. The van der Waals surface area contributed by atoms with Gasteiger partial charge in [-0.15, -0.1) is 10.2 Å². The molecule has 4 nitrogen and oxygen atoms in total. The lowest BCUT2D eigenvalue weighted by Crippen LogP contribution is -2.10. The summed E-state index contributed by atoms with van der Waals surface area (Å²) in [6.45, 7) is 0.399. The van der Waals surface area contributed by atoms with Gasteiger partial charge in [0.05, 0.1) is 5.52 Å². The van der Waals surface area contributed by atoms with E-state index in [1.165, 1.54) is 0 Å². The third kappa shape index (κ3) is 4.35. The van der Waals surface area contributed by atoms with Crippen LogP contribution in [0.4, 0.5) is 19.1 Å². The summed E-state index contributed by atoms with van der Waals surface area (Å²) in [6.07, 6.45) is -4.33. The summed E-state index contributed by atoms with van der Waals surface area (Å²) in [5, 5.41) is 10.7. The molecular formula is C12H13F3N4. The number of fused-ring (bicyclic) bond motifs is 1. The van der Waals surface area contributed by atoms with Crippen LogP contribution in [-0.4, -0.2) is 27.9 Å². The molecular weight excluding hydrogens is 257 g/mol. The Balaban J connectivity index is 1.82. The van der Waals surface area contributed by atoms with Crippen LogP contribution in [0.2, 0.25) is 0 Å². The number of rotatable bonds is 5. The maximum absolute atomic E-state index is 11.9. The number of benzene rings is 1. The van der Waals surface area contributed by atoms with Gasteiger partial charge in [0.25, 0.3) is 0 Å². The number of nitrogens with zero attached hydrogens (tertiary/aromatic N) is 3. The van der Waals surface area contributed by atoms with Gasteiger partial charge in [-0.2, -0.15) is 13.2 Å². The Labute approximate surface area is 108 Å². The lowest BCUT2D eigenvalue weighted by atomic mass is 10.2. The smallest absolute Gasteiger partial charge is 0.353 e. The predicted molar refractivity (Wildman–Crippen MR) is 65.7 cm³/mol. The first-order valence-electron chi connectivity index (χ1n) is 5.95. The molecule has 1 heterocycles.